The molecular weight excluding hydrogens is 276 g/mol. The molecule has 0 radical (unpaired) electrons. The second-order valence-corrected chi connectivity index (χ2v) is 9.48. The van der Waals surface area contributed by atoms with Gasteiger partial charge >= 0.3 is 0 Å². The van der Waals surface area contributed by atoms with Crippen LogP contribution in [0.5, 0.6) is 0 Å². The molecule has 0 nitrogen and oxygen atoms in total. The van der Waals surface area contributed by atoms with Crippen LogP contribution in [0, 0.1) is 34.5 Å². The van der Waals surface area contributed by atoms with Gasteiger partial charge in [-0.3, -0.25) is 0 Å². The third-order valence-corrected chi connectivity index (χ3v) is 9.12. The van der Waals surface area contributed by atoms with Crippen molar-refractivity contribution in [2.24, 2.45) is 34.5 Å². The van der Waals surface area contributed by atoms with Crippen LogP contribution in [-0.2, 0) is 0 Å². The summed E-state index contributed by atoms with van der Waals surface area (Å²) in [5.41, 5.74) is 4.42. The van der Waals surface area contributed by atoms with Crippen LogP contribution in [0.1, 0.15) is 85.0 Å². The lowest BCUT2D eigenvalue weighted by molar-refractivity contribution is -0.0576. The van der Waals surface area contributed by atoms with Gasteiger partial charge in [-0.05, 0) is 92.3 Å². The summed E-state index contributed by atoms with van der Waals surface area (Å²) in [4.78, 5) is 0. The SMILES string of the molecule is C=C1C=C2CCC3C(CC[C@]4(C)C(CC)CCC34)[C@@]2(CC)CC1. The van der Waals surface area contributed by atoms with E-state index in [1.807, 2.05) is 0 Å². The number of hydrogen-bond donors (Lipinski definition) is 0. The van der Waals surface area contributed by atoms with Gasteiger partial charge in [-0.25, -0.2) is 0 Å². The molecule has 6 atom stereocenters. The second-order valence-electron chi connectivity index (χ2n) is 9.48. The molecule has 0 N–H and O–H groups in total. The van der Waals surface area contributed by atoms with Gasteiger partial charge in [-0.2, -0.15) is 0 Å². The first kappa shape index (κ1) is 16.0. The van der Waals surface area contributed by atoms with Crippen LogP contribution in [0.2, 0.25) is 0 Å². The highest BCUT2D eigenvalue weighted by Crippen LogP contribution is 2.68. The Bertz CT molecular complexity index is 526. The van der Waals surface area contributed by atoms with Crippen LogP contribution < -0.4 is 0 Å². The highest BCUT2D eigenvalue weighted by Gasteiger charge is 2.58. The largest absolute Gasteiger partial charge is 0.0958 e. The molecule has 0 aromatic rings. The van der Waals surface area contributed by atoms with E-state index in [1.54, 1.807) is 5.57 Å². The normalized spacial score (nSPS) is 49.2. The minimum atomic E-state index is 0.551. The van der Waals surface area contributed by atoms with Crippen molar-refractivity contribution in [1.82, 2.24) is 0 Å². The summed E-state index contributed by atoms with van der Waals surface area (Å²) in [5, 5.41) is 0. The van der Waals surface area contributed by atoms with Crippen LogP contribution in [-0.4, -0.2) is 0 Å². The number of hydrogen-bond acceptors (Lipinski definition) is 0. The lowest BCUT2D eigenvalue weighted by atomic mass is 9.45. The van der Waals surface area contributed by atoms with Crippen LogP contribution in [0.4, 0.5) is 0 Å². The van der Waals surface area contributed by atoms with Gasteiger partial charge < -0.3 is 0 Å². The molecule has 0 bridgehead atoms. The van der Waals surface area contributed by atoms with E-state index in [-0.39, 0.29) is 0 Å². The average Bonchev–Trinajstić information content (AvgIpc) is 2.90. The molecule has 128 valence electrons. The molecule has 0 aliphatic heterocycles. The van der Waals surface area contributed by atoms with Gasteiger partial charge in [0.1, 0.15) is 0 Å². The summed E-state index contributed by atoms with van der Waals surface area (Å²) in [5.74, 6) is 4.04. The second kappa shape index (κ2) is 5.50. The van der Waals surface area contributed by atoms with Gasteiger partial charge in [-0.1, -0.05) is 51.0 Å². The minimum absolute atomic E-state index is 0.551. The van der Waals surface area contributed by atoms with E-state index < -0.39 is 0 Å². The van der Waals surface area contributed by atoms with E-state index in [9.17, 15) is 0 Å². The molecule has 0 aromatic carbocycles. The summed E-state index contributed by atoms with van der Waals surface area (Å²) in [6, 6.07) is 0. The maximum Gasteiger partial charge on any atom is -0.00534 e. The molecule has 4 aliphatic rings. The zero-order chi connectivity index (χ0) is 16.2. The number of rotatable bonds is 2. The Kier molecular flexibility index (Phi) is 3.82. The third kappa shape index (κ3) is 2.09. The fraction of sp³-hybridized carbons (Fsp3) is 0.826. The number of fused-ring (bicyclic) bond motifs is 5. The van der Waals surface area contributed by atoms with Gasteiger partial charge in [-0.15, -0.1) is 0 Å². The predicted octanol–water partition coefficient (Wildman–Crippen LogP) is 6.92. The molecule has 3 saturated carbocycles. The lowest BCUT2D eigenvalue weighted by Crippen LogP contribution is -2.51. The van der Waals surface area contributed by atoms with Crippen molar-refractivity contribution in [1.29, 1.82) is 0 Å². The minimum Gasteiger partial charge on any atom is -0.0958 e. The molecule has 3 fully saturated rings. The molecule has 0 spiro atoms. The van der Waals surface area contributed by atoms with Gasteiger partial charge in [0.25, 0.3) is 0 Å². The van der Waals surface area contributed by atoms with Crippen molar-refractivity contribution < 1.29 is 0 Å². The van der Waals surface area contributed by atoms with E-state index >= 15 is 0 Å². The maximum atomic E-state index is 4.28. The Hall–Kier alpha value is -0.520. The summed E-state index contributed by atoms with van der Waals surface area (Å²) in [6.45, 7) is 11.9. The lowest BCUT2D eigenvalue weighted by Gasteiger charge is -2.59. The van der Waals surface area contributed by atoms with Gasteiger partial charge in [0, 0.05) is 0 Å². The molecule has 4 rings (SSSR count). The summed E-state index contributed by atoms with van der Waals surface area (Å²) < 4.78 is 0. The van der Waals surface area contributed by atoms with E-state index in [2.05, 4.69) is 33.4 Å². The standard InChI is InChI=1S/C23H36/c1-5-17-8-10-20-19-9-7-18-15-16(3)11-14-23(18,6-2)21(19)12-13-22(17,20)4/h15,17,19-21H,3,5-14H2,1-2,4H3/t17?,19?,20?,21?,22-,23+/m1/s1. The Morgan fingerprint density at radius 1 is 1.04 bits per heavy atom. The van der Waals surface area contributed by atoms with Crippen molar-refractivity contribution in [3.05, 3.63) is 23.8 Å². The molecule has 0 heteroatoms. The molecule has 4 aliphatic carbocycles. The monoisotopic (exact) mass is 312 g/mol. The van der Waals surface area contributed by atoms with Gasteiger partial charge in [0.05, 0.1) is 0 Å². The van der Waals surface area contributed by atoms with Crippen LogP contribution in [0.3, 0.4) is 0 Å². The van der Waals surface area contributed by atoms with Crippen LogP contribution >= 0.6 is 0 Å². The predicted molar refractivity (Wildman–Crippen MR) is 99.2 cm³/mol. The Morgan fingerprint density at radius 3 is 2.61 bits per heavy atom. The highest BCUT2D eigenvalue weighted by atomic mass is 14.6. The molecule has 0 aromatic heterocycles. The molecule has 0 saturated heterocycles. The molecular formula is C23H36. The van der Waals surface area contributed by atoms with Crippen LogP contribution in [0.15, 0.2) is 23.8 Å². The van der Waals surface area contributed by atoms with Gasteiger partial charge in [0.15, 0.2) is 0 Å². The Morgan fingerprint density at radius 2 is 1.87 bits per heavy atom. The third-order valence-electron chi connectivity index (χ3n) is 9.12. The van der Waals surface area contributed by atoms with Crippen molar-refractivity contribution in [2.45, 2.75) is 85.0 Å². The van der Waals surface area contributed by atoms with Gasteiger partial charge in [0.2, 0.25) is 0 Å². The first-order chi connectivity index (χ1) is 11.0. The summed E-state index contributed by atoms with van der Waals surface area (Å²) in [7, 11) is 0. The van der Waals surface area contributed by atoms with E-state index in [0.717, 1.165) is 23.7 Å². The van der Waals surface area contributed by atoms with Crippen molar-refractivity contribution in [3.63, 3.8) is 0 Å². The highest BCUT2D eigenvalue weighted by molar-refractivity contribution is 5.34. The van der Waals surface area contributed by atoms with E-state index in [4.69, 9.17) is 0 Å². The van der Waals surface area contributed by atoms with E-state index in [1.165, 1.54) is 69.8 Å². The fourth-order valence-corrected chi connectivity index (χ4v) is 7.89. The smallest absolute Gasteiger partial charge is 0.00534 e. The molecule has 0 heterocycles. The van der Waals surface area contributed by atoms with Crippen molar-refractivity contribution >= 4 is 0 Å². The zero-order valence-electron chi connectivity index (χ0n) is 15.7. The summed E-state index contributed by atoms with van der Waals surface area (Å²) in [6.07, 6.45) is 16.8. The first-order valence-corrected chi connectivity index (χ1v) is 10.4. The quantitative estimate of drug-likeness (QED) is 0.519. The Labute approximate surface area is 143 Å². The topological polar surface area (TPSA) is 0 Å². The average molecular weight is 313 g/mol. The zero-order valence-corrected chi connectivity index (χ0v) is 15.7. The first-order valence-electron chi connectivity index (χ1n) is 10.4. The summed E-state index contributed by atoms with van der Waals surface area (Å²) >= 11 is 0. The van der Waals surface area contributed by atoms with Crippen molar-refractivity contribution in [3.8, 4) is 0 Å². The number of allylic oxidation sites excluding steroid dienone is 3. The molecule has 0 amide bonds. The molecule has 23 heavy (non-hydrogen) atoms. The van der Waals surface area contributed by atoms with Crippen LogP contribution in [0.25, 0.3) is 0 Å². The maximum absolute atomic E-state index is 4.28. The van der Waals surface area contributed by atoms with Crippen molar-refractivity contribution in [2.75, 3.05) is 0 Å². The van der Waals surface area contributed by atoms with E-state index in [0.29, 0.717) is 10.8 Å². The molecule has 4 unspecified atom stereocenters. The fourth-order valence-electron chi connectivity index (χ4n) is 7.89. The Balaban J connectivity index is 1.69.